The van der Waals surface area contributed by atoms with Gasteiger partial charge >= 0.3 is 0 Å². The zero-order chi connectivity index (χ0) is 13.3. The standard InChI is InChI=1S/C15H23NO2S/c16-12-13-2-4-14(5-3-13)18-8-1-11-19-15-6-9-17-10-7-15/h2-5,15H,1,6-12,16H2. The predicted octanol–water partition coefficient (Wildman–Crippen LogP) is 2.83. The number of rotatable bonds is 7. The van der Waals surface area contributed by atoms with Crippen molar-refractivity contribution in [1.82, 2.24) is 0 Å². The van der Waals surface area contributed by atoms with Crippen LogP contribution in [0.1, 0.15) is 24.8 Å². The molecule has 1 aromatic carbocycles. The largest absolute Gasteiger partial charge is 0.494 e. The van der Waals surface area contributed by atoms with Gasteiger partial charge in [0.25, 0.3) is 0 Å². The molecule has 4 heteroatoms. The molecule has 1 aliphatic heterocycles. The van der Waals surface area contributed by atoms with Crippen LogP contribution in [0.4, 0.5) is 0 Å². The summed E-state index contributed by atoms with van der Waals surface area (Å²) in [5.41, 5.74) is 6.70. The first-order chi connectivity index (χ1) is 9.38. The molecule has 106 valence electrons. The second kappa shape index (κ2) is 8.46. The van der Waals surface area contributed by atoms with Crippen molar-refractivity contribution in [2.75, 3.05) is 25.6 Å². The summed E-state index contributed by atoms with van der Waals surface area (Å²) in [4.78, 5) is 0. The third-order valence-electron chi connectivity index (χ3n) is 3.24. The first kappa shape index (κ1) is 14.7. The van der Waals surface area contributed by atoms with E-state index in [2.05, 4.69) is 11.8 Å². The fourth-order valence-electron chi connectivity index (χ4n) is 2.06. The quantitative estimate of drug-likeness (QED) is 0.781. The lowest BCUT2D eigenvalue weighted by molar-refractivity contribution is 0.1000. The van der Waals surface area contributed by atoms with Gasteiger partial charge in [0.2, 0.25) is 0 Å². The number of ether oxygens (including phenoxy) is 2. The molecule has 2 N–H and O–H groups in total. The average Bonchev–Trinajstić information content (AvgIpc) is 2.49. The third-order valence-corrected chi connectivity index (χ3v) is 4.71. The molecule has 0 bridgehead atoms. The molecular weight excluding hydrogens is 258 g/mol. The van der Waals surface area contributed by atoms with Crippen molar-refractivity contribution >= 4 is 11.8 Å². The second-order valence-electron chi connectivity index (χ2n) is 4.73. The van der Waals surface area contributed by atoms with E-state index < -0.39 is 0 Å². The Hall–Kier alpha value is -0.710. The van der Waals surface area contributed by atoms with Crippen LogP contribution < -0.4 is 10.5 Å². The van der Waals surface area contributed by atoms with Gasteiger partial charge in [-0.3, -0.25) is 0 Å². The van der Waals surface area contributed by atoms with E-state index in [9.17, 15) is 0 Å². The lowest BCUT2D eigenvalue weighted by atomic mass is 10.2. The maximum atomic E-state index is 5.72. The van der Waals surface area contributed by atoms with Crippen LogP contribution in [-0.4, -0.2) is 30.8 Å². The van der Waals surface area contributed by atoms with E-state index in [0.29, 0.717) is 6.54 Å². The number of thioether (sulfide) groups is 1. The third kappa shape index (κ3) is 5.43. The van der Waals surface area contributed by atoms with Gasteiger partial charge in [0.15, 0.2) is 0 Å². The van der Waals surface area contributed by atoms with E-state index in [1.807, 2.05) is 24.3 Å². The van der Waals surface area contributed by atoms with Crippen molar-refractivity contribution in [1.29, 1.82) is 0 Å². The van der Waals surface area contributed by atoms with Crippen molar-refractivity contribution in [2.24, 2.45) is 5.73 Å². The minimum Gasteiger partial charge on any atom is -0.494 e. The smallest absolute Gasteiger partial charge is 0.119 e. The van der Waals surface area contributed by atoms with Gasteiger partial charge in [0, 0.05) is 25.0 Å². The SMILES string of the molecule is NCc1ccc(OCCCSC2CCOCC2)cc1. The number of nitrogens with two attached hydrogens (primary N) is 1. The van der Waals surface area contributed by atoms with Crippen LogP contribution in [0.2, 0.25) is 0 Å². The maximum Gasteiger partial charge on any atom is 0.119 e. The molecule has 0 radical (unpaired) electrons. The molecule has 1 aromatic rings. The summed E-state index contributed by atoms with van der Waals surface area (Å²) < 4.78 is 11.1. The van der Waals surface area contributed by atoms with Gasteiger partial charge in [-0.05, 0) is 42.7 Å². The van der Waals surface area contributed by atoms with Crippen molar-refractivity contribution in [2.45, 2.75) is 31.1 Å². The average molecular weight is 281 g/mol. The van der Waals surface area contributed by atoms with Crippen molar-refractivity contribution in [3.63, 3.8) is 0 Å². The highest BCUT2D eigenvalue weighted by molar-refractivity contribution is 7.99. The fourth-order valence-corrected chi connectivity index (χ4v) is 3.21. The molecule has 1 saturated heterocycles. The Bertz CT molecular complexity index is 350. The van der Waals surface area contributed by atoms with E-state index in [1.165, 1.54) is 18.6 Å². The van der Waals surface area contributed by atoms with Crippen molar-refractivity contribution < 1.29 is 9.47 Å². The molecule has 3 nitrogen and oxygen atoms in total. The van der Waals surface area contributed by atoms with Crippen molar-refractivity contribution in [3.8, 4) is 5.75 Å². The number of hydrogen-bond donors (Lipinski definition) is 1. The lowest BCUT2D eigenvalue weighted by Crippen LogP contribution is -2.18. The molecule has 0 spiro atoms. The first-order valence-electron chi connectivity index (χ1n) is 6.99. The summed E-state index contributed by atoms with van der Waals surface area (Å²) in [5, 5.41) is 0.789. The minimum atomic E-state index is 0.585. The zero-order valence-electron chi connectivity index (χ0n) is 11.3. The highest BCUT2D eigenvalue weighted by atomic mass is 32.2. The zero-order valence-corrected chi connectivity index (χ0v) is 12.2. The molecule has 0 atom stereocenters. The Morgan fingerprint density at radius 3 is 2.63 bits per heavy atom. The van der Waals surface area contributed by atoms with Gasteiger partial charge in [-0.2, -0.15) is 11.8 Å². The Kier molecular flexibility index (Phi) is 6.54. The molecule has 0 aliphatic carbocycles. The van der Waals surface area contributed by atoms with Crippen LogP contribution in [0.5, 0.6) is 5.75 Å². The normalized spacial score (nSPS) is 16.5. The predicted molar refractivity (Wildman–Crippen MR) is 80.7 cm³/mol. The van der Waals surface area contributed by atoms with E-state index in [1.54, 1.807) is 0 Å². The summed E-state index contributed by atoms with van der Waals surface area (Å²) in [6.45, 7) is 3.24. The van der Waals surface area contributed by atoms with Crippen LogP contribution in [-0.2, 0) is 11.3 Å². The van der Waals surface area contributed by atoms with Crippen LogP contribution in [0.25, 0.3) is 0 Å². The van der Waals surface area contributed by atoms with Gasteiger partial charge in [0.1, 0.15) is 5.75 Å². The monoisotopic (exact) mass is 281 g/mol. The fraction of sp³-hybridized carbons (Fsp3) is 0.600. The summed E-state index contributed by atoms with van der Waals surface area (Å²) >= 11 is 2.06. The van der Waals surface area contributed by atoms with Gasteiger partial charge < -0.3 is 15.2 Å². The molecule has 19 heavy (non-hydrogen) atoms. The Morgan fingerprint density at radius 1 is 1.21 bits per heavy atom. The van der Waals surface area contributed by atoms with Crippen molar-refractivity contribution in [3.05, 3.63) is 29.8 Å². The first-order valence-corrected chi connectivity index (χ1v) is 8.04. The summed E-state index contributed by atoms with van der Waals surface area (Å²) in [7, 11) is 0. The second-order valence-corrected chi connectivity index (χ2v) is 6.14. The molecular formula is C15H23NO2S. The van der Waals surface area contributed by atoms with Gasteiger partial charge in [-0.25, -0.2) is 0 Å². The molecule has 0 amide bonds. The summed E-state index contributed by atoms with van der Waals surface area (Å²) in [5.74, 6) is 2.11. The Balaban J connectivity index is 1.55. The van der Waals surface area contributed by atoms with E-state index in [0.717, 1.165) is 42.8 Å². The van der Waals surface area contributed by atoms with Crippen LogP contribution >= 0.6 is 11.8 Å². The molecule has 0 aromatic heterocycles. The van der Waals surface area contributed by atoms with E-state index in [-0.39, 0.29) is 0 Å². The Labute approximate surface area is 119 Å². The summed E-state index contributed by atoms with van der Waals surface area (Å²) in [6.07, 6.45) is 3.50. The Morgan fingerprint density at radius 2 is 1.95 bits per heavy atom. The minimum absolute atomic E-state index is 0.585. The van der Waals surface area contributed by atoms with Crippen LogP contribution in [0.15, 0.2) is 24.3 Å². The van der Waals surface area contributed by atoms with Crippen LogP contribution in [0, 0.1) is 0 Å². The molecule has 0 unspecified atom stereocenters. The van der Waals surface area contributed by atoms with E-state index in [4.69, 9.17) is 15.2 Å². The van der Waals surface area contributed by atoms with Crippen LogP contribution in [0.3, 0.4) is 0 Å². The van der Waals surface area contributed by atoms with Gasteiger partial charge in [-0.1, -0.05) is 12.1 Å². The molecule has 2 rings (SSSR count). The van der Waals surface area contributed by atoms with E-state index >= 15 is 0 Å². The summed E-state index contributed by atoms with van der Waals surface area (Å²) in [6, 6.07) is 8.03. The molecule has 1 aliphatic rings. The number of hydrogen-bond acceptors (Lipinski definition) is 4. The van der Waals surface area contributed by atoms with Gasteiger partial charge in [0.05, 0.1) is 6.61 Å². The molecule has 1 fully saturated rings. The maximum absolute atomic E-state index is 5.72. The highest BCUT2D eigenvalue weighted by Crippen LogP contribution is 2.22. The van der Waals surface area contributed by atoms with Gasteiger partial charge in [-0.15, -0.1) is 0 Å². The lowest BCUT2D eigenvalue weighted by Gasteiger charge is -2.21. The molecule has 0 saturated carbocycles. The number of benzene rings is 1. The highest BCUT2D eigenvalue weighted by Gasteiger charge is 2.13. The molecule has 1 heterocycles. The topological polar surface area (TPSA) is 44.5 Å².